The third-order valence-electron chi connectivity index (χ3n) is 7.77. The molecule has 1 nitrogen and oxygen atoms in total. The van der Waals surface area contributed by atoms with Crippen LogP contribution in [0.1, 0.15) is 83.1 Å². The summed E-state index contributed by atoms with van der Waals surface area (Å²) in [7, 11) is 0. The van der Waals surface area contributed by atoms with Gasteiger partial charge < -0.3 is 4.74 Å². The van der Waals surface area contributed by atoms with Crippen molar-refractivity contribution in [2.45, 2.75) is 77.6 Å². The number of fused-ring (bicyclic) bond motifs is 2. The van der Waals surface area contributed by atoms with Gasteiger partial charge in [-0.05, 0) is 80.2 Å². The standard InChI is InChI=1S/C28H35F3O/c1-3-5-7-18-8-9-20-14-21(11-10-19(20)13-18)26-24(29)16-22-15-23(32-12-6-4-2)17-25(30)27(22)28(26)31/h4,6,15-21H,3,5,7-14H2,1-2H3/b6-4+/t18?,19-,20?,21-/m1/s1. The van der Waals surface area contributed by atoms with E-state index in [1.807, 2.05) is 13.0 Å². The predicted octanol–water partition coefficient (Wildman–Crippen LogP) is 8.70. The number of halogens is 3. The molecule has 0 aliphatic heterocycles. The molecule has 0 N–H and O–H groups in total. The highest BCUT2D eigenvalue weighted by Gasteiger charge is 2.37. The summed E-state index contributed by atoms with van der Waals surface area (Å²) in [6.07, 6.45) is 13.8. The summed E-state index contributed by atoms with van der Waals surface area (Å²) < 4.78 is 51.0. The Kier molecular flexibility index (Phi) is 7.48. The Morgan fingerprint density at radius 3 is 2.53 bits per heavy atom. The minimum atomic E-state index is -0.724. The fourth-order valence-corrected chi connectivity index (χ4v) is 6.10. The van der Waals surface area contributed by atoms with E-state index in [1.165, 1.54) is 50.3 Å². The molecule has 32 heavy (non-hydrogen) atoms. The van der Waals surface area contributed by atoms with Crippen molar-refractivity contribution in [2.75, 3.05) is 6.61 Å². The van der Waals surface area contributed by atoms with Crippen molar-refractivity contribution in [3.63, 3.8) is 0 Å². The SMILES string of the molecule is C/C=C/COc1cc(F)c2c(F)c([C@@H]3CC[C@@H]4CC(CCCC)CCC4C3)c(F)cc2c1. The molecule has 2 aromatic carbocycles. The summed E-state index contributed by atoms with van der Waals surface area (Å²) in [6.45, 7) is 4.39. The largest absolute Gasteiger partial charge is 0.489 e. The van der Waals surface area contributed by atoms with E-state index in [1.54, 1.807) is 6.08 Å². The molecule has 0 radical (unpaired) electrons. The van der Waals surface area contributed by atoms with E-state index in [9.17, 15) is 4.39 Å². The van der Waals surface area contributed by atoms with Crippen LogP contribution in [0, 0.1) is 35.2 Å². The van der Waals surface area contributed by atoms with Crippen LogP contribution >= 0.6 is 0 Å². The van der Waals surface area contributed by atoms with Gasteiger partial charge in [-0.15, -0.1) is 0 Å². The average Bonchev–Trinajstić information content (AvgIpc) is 2.77. The van der Waals surface area contributed by atoms with Gasteiger partial charge in [-0.1, -0.05) is 44.8 Å². The minimum Gasteiger partial charge on any atom is -0.489 e. The van der Waals surface area contributed by atoms with Crippen molar-refractivity contribution in [3.8, 4) is 5.75 Å². The monoisotopic (exact) mass is 444 g/mol. The number of hydrogen-bond donors (Lipinski definition) is 0. The van der Waals surface area contributed by atoms with Crippen LogP contribution in [0.4, 0.5) is 13.2 Å². The van der Waals surface area contributed by atoms with Gasteiger partial charge in [0.15, 0.2) is 0 Å². The summed E-state index contributed by atoms with van der Waals surface area (Å²) in [6, 6.07) is 4.00. The third-order valence-corrected chi connectivity index (χ3v) is 7.77. The lowest BCUT2D eigenvalue weighted by molar-refractivity contribution is 0.112. The van der Waals surface area contributed by atoms with E-state index in [0.717, 1.165) is 31.6 Å². The van der Waals surface area contributed by atoms with Gasteiger partial charge in [0.1, 0.15) is 29.8 Å². The molecule has 2 fully saturated rings. The van der Waals surface area contributed by atoms with Crippen LogP contribution in [0.15, 0.2) is 30.4 Å². The molecule has 0 saturated heterocycles. The second-order valence-corrected chi connectivity index (χ2v) is 9.82. The molecule has 4 rings (SSSR count). The van der Waals surface area contributed by atoms with Crippen molar-refractivity contribution >= 4 is 10.8 Å². The molecule has 2 aliphatic carbocycles. The normalized spacial score (nSPS) is 25.9. The number of hydrogen-bond acceptors (Lipinski definition) is 1. The van der Waals surface area contributed by atoms with E-state index >= 15 is 8.78 Å². The van der Waals surface area contributed by atoms with Crippen molar-refractivity contribution in [2.24, 2.45) is 17.8 Å². The summed E-state index contributed by atoms with van der Waals surface area (Å²) in [5, 5.41) is 0.0922. The molecular weight excluding hydrogens is 409 g/mol. The molecule has 4 atom stereocenters. The Balaban J connectivity index is 1.55. The molecule has 0 bridgehead atoms. The van der Waals surface area contributed by atoms with Gasteiger partial charge in [0, 0.05) is 11.6 Å². The van der Waals surface area contributed by atoms with Crippen molar-refractivity contribution in [1.82, 2.24) is 0 Å². The maximum atomic E-state index is 15.5. The lowest BCUT2D eigenvalue weighted by Crippen LogP contribution is -2.31. The van der Waals surface area contributed by atoms with E-state index in [-0.39, 0.29) is 34.6 Å². The Hall–Kier alpha value is -1.97. The summed E-state index contributed by atoms with van der Waals surface area (Å²) in [5.41, 5.74) is 0.0885. The van der Waals surface area contributed by atoms with E-state index < -0.39 is 17.5 Å². The third kappa shape index (κ3) is 4.84. The molecule has 2 aliphatic rings. The number of unbranched alkanes of at least 4 members (excludes halogenated alkanes) is 1. The highest BCUT2D eigenvalue weighted by Crippen LogP contribution is 2.49. The van der Waals surface area contributed by atoms with Crippen LogP contribution in [-0.2, 0) is 0 Å². The molecule has 2 saturated carbocycles. The van der Waals surface area contributed by atoms with Crippen molar-refractivity contribution < 1.29 is 17.9 Å². The first-order chi connectivity index (χ1) is 15.5. The topological polar surface area (TPSA) is 9.23 Å². The fourth-order valence-electron chi connectivity index (χ4n) is 6.10. The Labute approximate surface area is 190 Å². The number of allylic oxidation sites excluding steroid dienone is 1. The van der Waals surface area contributed by atoms with E-state index in [4.69, 9.17) is 4.74 Å². The molecule has 2 unspecified atom stereocenters. The minimum absolute atomic E-state index is 0.0885. The van der Waals surface area contributed by atoms with Gasteiger partial charge >= 0.3 is 0 Å². The second-order valence-electron chi connectivity index (χ2n) is 9.82. The average molecular weight is 445 g/mol. The van der Waals surface area contributed by atoms with E-state index in [2.05, 4.69) is 6.92 Å². The van der Waals surface area contributed by atoms with Gasteiger partial charge in [0.05, 0.1) is 5.39 Å². The zero-order valence-electron chi connectivity index (χ0n) is 19.3. The van der Waals surface area contributed by atoms with E-state index in [0.29, 0.717) is 11.8 Å². The molecular formula is C28H35F3O. The predicted molar refractivity (Wildman–Crippen MR) is 125 cm³/mol. The first-order valence-corrected chi connectivity index (χ1v) is 12.4. The molecule has 0 spiro atoms. The van der Waals surface area contributed by atoms with Gasteiger partial charge in [0.2, 0.25) is 0 Å². The molecule has 174 valence electrons. The number of rotatable bonds is 7. The smallest absolute Gasteiger partial charge is 0.140 e. The molecule has 0 amide bonds. The Morgan fingerprint density at radius 2 is 1.75 bits per heavy atom. The lowest BCUT2D eigenvalue weighted by atomic mass is 9.63. The Morgan fingerprint density at radius 1 is 0.969 bits per heavy atom. The Bertz CT molecular complexity index is 967. The quantitative estimate of drug-likeness (QED) is 0.388. The van der Waals surface area contributed by atoms with Crippen molar-refractivity contribution in [3.05, 3.63) is 53.4 Å². The first-order valence-electron chi connectivity index (χ1n) is 12.4. The maximum absolute atomic E-state index is 15.5. The molecule has 4 heteroatoms. The molecule has 0 aromatic heterocycles. The lowest BCUT2D eigenvalue weighted by Gasteiger charge is -2.42. The van der Waals surface area contributed by atoms with Gasteiger partial charge in [-0.25, -0.2) is 13.2 Å². The fraction of sp³-hybridized carbons (Fsp3) is 0.571. The zero-order chi connectivity index (χ0) is 22.7. The summed E-state index contributed by atoms with van der Waals surface area (Å²) in [4.78, 5) is 0. The van der Waals surface area contributed by atoms with Crippen LogP contribution < -0.4 is 4.74 Å². The van der Waals surface area contributed by atoms with Crippen LogP contribution in [0.3, 0.4) is 0 Å². The highest BCUT2D eigenvalue weighted by molar-refractivity contribution is 5.86. The van der Waals surface area contributed by atoms with Gasteiger partial charge in [0.25, 0.3) is 0 Å². The highest BCUT2D eigenvalue weighted by atomic mass is 19.1. The maximum Gasteiger partial charge on any atom is 0.140 e. The zero-order valence-corrected chi connectivity index (χ0v) is 19.3. The van der Waals surface area contributed by atoms with Crippen LogP contribution in [0.5, 0.6) is 5.75 Å². The number of ether oxygens (including phenoxy) is 1. The summed E-state index contributed by atoms with van der Waals surface area (Å²) in [5.74, 6) is 0.174. The molecule has 0 heterocycles. The molecule has 2 aromatic rings. The van der Waals surface area contributed by atoms with Crippen LogP contribution in [-0.4, -0.2) is 6.61 Å². The van der Waals surface area contributed by atoms with Crippen LogP contribution in [0.25, 0.3) is 10.8 Å². The van der Waals surface area contributed by atoms with Crippen LogP contribution in [0.2, 0.25) is 0 Å². The van der Waals surface area contributed by atoms with Gasteiger partial charge in [-0.2, -0.15) is 0 Å². The van der Waals surface area contributed by atoms with Gasteiger partial charge in [-0.3, -0.25) is 0 Å². The number of benzene rings is 2. The summed E-state index contributed by atoms with van der Waals surface area (Å²) >= 11 is 0. The second kappa shape index (κ2) is 10.3. The van der Waals surface area contributed by atoms with Crippen molar-refractivity contribution in [1.29, 1.82) is 0 Å². The first kappa shape index (κ1) is 23.2.